The summed E-state index contributed by atoms with van der Waals surface area (Å²) in [5.41, 5.74) is 8.49. The zero-order chi connectivity index (χ0) is 27.5. The second-order valence-electron chi connectivity index (χ2n) is 10.5. The van der Waals surface area contributed by atoms with E-state index in [1.807, 2.05) is 18.2 Å². The molecule has 0 bridgehead atoms. The highest BCUT2D eigenvalue weighted by atomic mass is 16.6. The van der Waals surface area contributed by atoms with Crippen LogP contribution in [0.5, 0.6) is 5.75 Å². The van der Waals surface area contributed by atoms with Gasteiger partial charge in [-0.3, -0.25) is 4.79 Å². The van der Waals surface area contributed by atoms with Crippen molar-refractivity contribution in [2.45, 2.75) is 38.1 Å². The molecule has 0 aliphatic carbocycles. The van der Waals surface area contributed by atoms with E-state index >= 15 is 0 Å². The molecular formula is C28H35N9O3. The molecule has 0 atom stereocenters. The Bertz CT molecular complexity index is 1360. The number of piperidine rings is 2. The van der Waals surface area contributed by atoms with Crippen molar-refractivity contribution >= 4 is 23.5 Å². The normalized spacial score (nSPS) is 19.1. The molecular weight excluding hydrogens is 510 g/mol. The average molecular weight is 546 g/mol. The highest BCUT2D eigenvalue weighted by Gasteiger charge is 2.29. The van der Waals surface area contributed by atoms with Gasteiger partial charge >= 0.3 is 6.09 Å². The number of rotatable bonds is 5. The summed E-state index contributed by atoms with van der Waals surface area (Å²) in [5, 5.41) is 15.9. The Labute approximate surface area is 233 Å². The van der Waals surface area contributed by atoms with Crippen LogP contribution in [0, 0.1) is 0 Å². The largest absolute Gasteiger partial charge is 0.415 e. The topological polar surface area (TPSA) is 135 Å². The molecule has 210 valence electrons. The fourth-order valence-electron chi connectivity index (χ4n) is 5.79. The predicted octanol–water partition coefficient (Wildman–Crippen LogP) is 2.30. The summed E-state index contributed by atoms with van der Waals surface area (Å²) in [7, 11) is 0. The molecule has 3 saturated heterocycles. The number of nitrogens with zero attached hydrogens (tertiary/aromatic N) is 7. The van der Waals surface area contributed by atoms with Gasteiger partial charge in [0.2, 0.25) is 5.91 Å². The lowest BCUT2D eigenvalue weighted by Crippen LogP contribution is -2.48. The van der Waals surface area contributed by atoms with Crippen LogP contribution in [0.25, 0.3) is 16.9 Å². The minimum absolute atomic E-state index is 0.0150. The van der Waals surface area contributed by atoms with Gasteiger partial charge in [-0.25, -0.2) is 9.48 Å². The predicted molar refractivity (Wildman–Crippen MR) is 150 cm³/mol. The number of amides is 2. The van der Waals surface area contributed by atoms with Gasteiger partial charge in [0.15, 0.2) is 5.82 Å². The maximum absolute atomic E-state index is 13.1. The summed E-state index contributed by atoms with van der Waals surface area (Å²) >= 11 is 0. The first-order chi connectivity index (χ1) is 19.6. The molecule has 3 aliphatic rings. The SMILES string of the molecule is Nc1nnc(-c2ccccc2OC(=O)N2CCC(N3CCCCC3)CC2)cc1-n1cc(N2CCNCC2=O)cn1. The third-order valence-electron chi connectivity index (χ3n) is 8.01. The van der Waals surface area contributed by atoms with Crippen LogP contribution < -0.4 is 20.7 Å². The number of carbonyl (C=O) groups is 2. The fraction of sp³-hybridized carbons (Fsp3) is 0.464. The van der Waals surface area contributed by atoms with E-state index in [-0.39, 0.29) is 17.8 Å². The molecule has 5 heterocycles. The molecule has 3 aromatic rings. The van der Waals surface area contributed by atoms with Crippen molar-refractivity contribution in [2.24, 2.45) is 0 Å². The van der Waals surface area contributed by atoms with E-state index in [0.29, 0.717) is 67.1 Å². The van der Waals surface area contributed by atoms with Crippen molar-refractivity contribution < 1.29 is 14.3 Å². The zero-order valence-electron chi connectivity index (χ0n) is 22.5. The smallest absolute Gasteiger partial charge is 0.409 e. The number of hydrogen-bond acceptors (Lipinski definition) is 9. The third kappa shape index (κ3) is 5.50. The van der Waals surface area contributed by atoms with Crippen LogP contribution in [-0.2, 0) is 4.79 Å². The maximum atomic E-state index is 13.1. The van der Waals surface area contributed by atoms with Crippen molar-refractivity contribution in [1.29, 1.82) is 0 Å². The first-order valence-electron chi connectivity index (χ1n) is 14.1. The summed E-state index contributed by atoms with van der Waals surface area (Å²) in [5.74, 6) is 0.582. The van der Waals surface area contributed by atoms with Gasteiger partial charge in [-0.2, -0.15) is 5.10 Å². The molecule has 40 heavy (non-hydrogen) atoms. The standard InChI is InChI=1S/C28H35N9O3/c29-27-24(37-19-21(17-31-37)36-15-10-30-18-26(36)38)16-23(32-33-27)22-6-2-3-7-25(22)40-28(39)35-13-8-20(9-14-35)34-11-4-1-5-12-34/h2-3,6-7,16-17,19-20,30H,1,4-5,8-15,18H2,(H2,29,33). The first kappa shape index (κ1) is 26.2. The van der Waals surface area contributed by atoms with Crippen LogP contribution in [0.2, 0.25) is 0 Å². The Hall–Kier alpha value is -4.03. The Balaban J connectivity index is 1.17. The molecule has 3 fully saturated rings. The van der Waals surface area contributed by atoms with Crippen LogP contribution in [0.4, 0.5) is 16.3 Å². The van der Waals surface area contributed by atoms with Crippen molar-refractivity contribution in [3.8, 4) is 22.7 Å². The summed E-state index contributed by atoms with van der Waals surface area (Å²) in [6, 6.07) is 9.58. The van der Waals surface area contributed by atoms with E-state index in [4.69, 9.17) is 10.5 Å². The number of piperazine rings is 1. The second-order valence-corrected chi connectivity index (χ2v) is 10.5. The molecule has 0 radical (unpaired) electrons. The molecule has 3 aliphatic heterocycles. The minimum atomic E-state index is -0.356. The number of anilines is 2. The quantitative estimate of drug-likeness (QED) is 0.495. The van der Waals surface area contributed by atoms with Crippen molar-refractivity contribution in [2.75, 3.05) is 56.4 Å². The summed E-state index contributed by atoms with van der Waals surface area (Å²) < 4.78 is 7.48. The molecule has 2 aromatic heterocycles. The molecule has 0 spiro atoms. The third-order valence-corrected chi connectivity index (χ3v) is 8.01. The molecule has 0 saturated carbocycles. The number of benzene rings is 1. The van der Waals surface area contributed by atoms with E-state index in [0.717, 1.165) is 12.8 Å². The van der Waals surface area contributed by atoms with Crippen LogP contribution in [0.15, 0.2) is 42.7 Å². The Kier molecular flexibility index (Phi) is 7.60. The van der Waals surface area contributed by atoms with E-state index in [1.54, 1.807) is 39.0 Å². The summed E-state index contributed by atoms with van der Waals surface area (Å²) in [4.78, 5) is 31.5. The number of para-hydroxylation sites is 1. The number of nitrogen functional groups attached to an aromatic ring is 1. The molecule has 3 N–H and O–H groups in total. The van der Waals surface area contributed by atoms with E-state index < -0.39 is 0 Å². The lowest BCUT2D eigenvalue weighted by molar-refractivity contribution is -0.118. The number of nitrogens with two attached hydrogens (primary N) is 1. The van der Waals surface area contributed by atoms with E-state index in [9.17, 15) is 9.59 Å². The van der Waals surface area contributed by atoms with Gasteiger partial charge in [-0.1, -0.05) is 18.6 Å². The molecule has 0 unspecified atom stereocenters. The number of hydrogen-bond donors (Lipinski definition) is 2. The van der Waals surface area contributed by atoms with Gasteiger partial charge < -0.3 is 30.5 Å². The number of carbonyl (C=O) groups excluding carboxylic acids is 2. The monoisotopic (exact) mass is 545 g/mol. The molecule has 12 heteroatoms. The number of aromatic nitrogens is 4. The molecule has 1 aromatic carbocycles. The highest BCUT2D eigenvalue weighted by molar-refractivity contribution is 5.95. The van der Waals surface area contributed by atoms with Gasteiger partial charge in [0, 0.05) is 37.8 Å². The van der Waals surface area contributed by atoms with Gasteiger partial charge in [0.05, 0.1) is 30.3 Å². The van der Waals surface area contributed by atoms with Crippen LogP contribution >= 0.6 is 0 Å². The van der Waals surface area contributed by atoms with E-state index in [2.05, 4.69) is 25.5 Å². The highest BCUT2D eigenvalue weighted by Crippen LogP contribution is 2.31. The fourth-order valence-corrected chi connectivity index (χ4v) is 5.79. The van der Waals surface area contributed by atoms with Crippen molar-refractivity contribution in [3.05, 3.63) is 42.7 Å². The lowest BCUT2D eigenvalue weighted by Gasteiger charge is -2.39. The first-order valence-corrected chi connectivity index (χ1v) is 14.1. The van der Waals surface area contributed by atoms with E-state index in [1.165, 1.54) is 32.4 Å². The van der Waals surface area contributed by atoms with Crippen LogP contribution in [0.1, 0.15) is 32.1 Å². The average Bonchev–Trinajstić information content (AvgIpc) is 3.48. The van der Waals surface area contributed by atoms with Gasteiger partial charge in [0.1, 0.15) is 11.4 Å². The summed E-state index contributed by atoms with van der Waals surface area (Å²) in [6.45, 7) is 5.28. The molecule has 6 rings (SSSR count). The Morgan fingerprint density at radius 1 is 1.02 bits per heavy atom. The number of nitrogens with one attached hydrogen (secondary N) is 1. The van der Waals surface area contributed by atoms with Crippen LogP contribution in [0.3, 0.4) is 0 Å². The van der Waals surface area contributed by atoms with Gasteiger partial charge in [0.25, 0.3) is 0 Å². The Morgan fingerprint density at radius 3 is 2.62 bits per heavy atom. The van der Waals surface area contributed by atoms with Crippen molar-refractivity contribution in [3.63, 3.8) is 0 Å². The van der Waals surface area contributed by atoms with Gasteiger partial charge in [-0.05, 0) is 57.0 Å². The van der Waals surface area contributed by atoms with Crippen molar-refractivity contribution in [1.82, 2.24) is 35.1 Å². The number of ether oxygens (including phenoxy) is 1. The summed E-state index contributed by atoms with van der Waals surface area (Å²) in [6.07, 6.45) is 8.82. The molecule has 2 amide bonds. The lowest BCUT2D eigenvalue weighted by atomic mass is 10.0. The maximum Gasteiger partial charge on any atom is 0.415 e. The Morgan fingerprint density at radius 2 is 1.82 bits per heavy atom. The minimum Gasteiger partial charge on any atom is -0.409 e. The van der Waals surface area contributed by atoms with Gasteiger partial charge in [-0.15, -0.1) is 10.2 Å². The molecule has 12 nitrogen and oxygen atoms in total. The number of likely N-dealkylation sites (tertiary alicyclic amines) is 2. The van der Waals surface area contributed by atoms with Crippen LogP contribution in [-0.4, -0.2) is 93.6 Å². The second kappa shape index (κ2) is 11.6. The zero-order valence-corrected chi connectivity index (χ0v) is 22.5.